The number of rotatable bonds is 6. The molecule has 35 heavy (non-hydrogen) atoms. The van der Waals surface area contributed by atoms with Gasteiger partial charge in [-0.1, -0.05) is 5.92 Å². The number of hydrogen-bond donors (Lipinski definition) is 2. The van der Waals surface area contributed by atoms with Gasteiger partial charge in [0, 0.05) is 30.9 Å². The molecule has 0 aromatic carbocycles. The fraction of sp³-hybridized carbons (Fsp3) is 0.240. The molecule has 4 aromatic rings. The van der Waals surface area contributed by atoms with Crippen molar-refractivity contribution in [2.24, 2.45) is 0 Å². The number of carbonyl (C=O) groups is 1. The summed E-state index contributed by atoms with van der Waals surface area (Å²) in [5.74, 6) is 6.81. The Morgan fingerprint density at radius 1 is 1.23 bits per heavy atom. The van der Waals surface area contributed by atoms with E-state index in [2.05, 4.69) is 31.7 Å². The first-order valence-electron chi connectivity index (χ1n) is 11.1. The number of anilines is 1. The molecule has 1 fully saturated rings. The van der Waals surface area contributed by atoms with Crippen LogP contribution in [0.1, 0.15) is 35.3 Å². The summed E-state index contributed by atoms with van der Waals surface area (Å²) in [7, 11) is 0. The third-order valence-electron chi connectivity index (χ3n) is 5.92. The Morgan fingerprint density at radius 3 is 2.86 bits per heavy atom. The van der Waals surface area contributed by atoms with E-state index in [0.29, 0.717) is 23.2 Å². The summed E-state index contributed by atoms with van der Waals surface area (Å²) in [5, 5.41) is 9.15. The number of carboxylic acids is 1. The highest BCUT2D eigenvalue weighted by atomic mass is 16.5. The minimum atomic E-state index is -1.05. The lowest BCUT2D eigenvalue weighted by Gasteiger charge is -2.11. The van der Waals surface area contributed by atoms with Gasteiger partial charge in [-0.25, -0.2) is 24.7 Å². The molecule has 176 valence electrons. The molecule has 1 aliphatic heterocycles. The molecule has 0 bridgehead atoms. The molecule has 0 aliphatic carbocycles. The number of pyridine rings is 2. The molecule has 1 saturated heterocycles. The first kappa shape index (κ1) is 22.3. The molecule has 10 heteroatoms. The summed E-state index contributed by atoms with van der Waals surface area (Å²) in [6.45, 7) is 4.45. The highest BCUT2D eigenvalue weighted by Gasteiger charge is 2.28. The van der Waals surface area contributed by atoms with Crippen LogP contribution in [-0.2, 0) is 0 Å². The Hall–Kier alpha value is -4.49. The van der Waals surface area contributed by atoms with Gasteiger partial charge in [0.1, 0.15) is 11.4 Å². The molecule has 0 amide bonds. The van der Waals surface area contributed by atoms with Crippen LogP contribution in [0.3, 0.4) is 0 Å². The molecule has 1 aliphatic rings. The quantitative estimate of drug-likeness (QED) is 0.409. The van der Waals surface area contributed by atoms with Crippen molar-refractivity contribution in [1.82, 2.24) is 29.2 Å². The Labute approximate surface area is 201 Å². The van der Waals surface area contributed by atoms with Crippen molar-refractivity contribution >= 4 is 17.4 Å². The number of nitrogens with two attached hydrogens (primary N) is 1. The molecule has 5 heterocycles. The van der Waals surface area contributed by atoms with E-state index in [0.717, 1.165) is 37.3 Å². The Kier molecular flexibility index (Phi) is 5.99. The van der Waals surface area contributed by atoms with E-state index in [1.54, 1.807) is 24.5 Å². The van der Waals surface area contributed by atoms with Gasteiger partial charge in [0.05, 0.1) is 29.5 Å². The number of carboxylic acid groups (broad SMARTS) is 1. The maximum atomic E-state index is 11.2. The van der Waals surface area contributed by atoms with Gasteiger partial charge in [-0.3, -0.25) is 9.30 Å². The molecule has 1 unspecified atom stereocenters. The minimum absolute atomic E-state index is 0.0890. The monoisotopic (exact) mass is 469 g/mol. The predicted molar refractivity (Wildman–Crippen MR) is 129 cm³/mol. The van der Waals surface area contributed by atoms with Crippen LogP contribution in [0.5, 0.6) is 11.6 Å². The lowest BCUT2D eigenvalue weighted by atomic mass is 10.0. The first-order valence-corrected chi connectivity index (χ1v) is 11.1. The van der Waals surface area contributed by atoms with E-state index in [9.17, 15) is 4.79 Å². The van der Waals surface area contributed by atoms with Crippen LogP contribution in [0.4, 0.5) is 5.95 Å². The van der Waals surface area contributed by atoms with Gasteiger partial charge in [0.15, 0.2) is 5.82 Å². The number of nitrogens with zero attached hydrogens (tertiary/aromatic N) is 6. The van der Waals surface area contributed by atoms with Gasteiger partial charge >= 0.3 is 5.97 Å². The fourth-order valence-electron chi connectivity index (χ4n) is 4.24. The van der Waals surface area contributed by atoms with E-state index < -0.39 is 5.97 Å². The number of imidazole rings is 1. The third kappa shape index (κ3) is 4.49. The van der Waals surface area contributed by atoms with Gasteiger partial charge in [0.25, 0.3) is 0 Å². The molecule has 0 spiro atoms. The van der Waals surface area contributed by atoms with Crippen molar-refractivity contribution in [1.29, 1.82) is 0 Å². The zero-order valence-corrected chi connectivity index (χ0v) is 19.0. The average molecular weight is 470 g/mol. The molecule has 5 rings (SSSR count). The summed E-state index contributed by atoms with van der Waals surface area (Å²) in [6, 6.07) is 8.19. The topological polar surface area (TPSA) is 132 Å². The van der Waals surface area contributed by atoms with E-state index >= 15 is 0 Å². The van der Waals surface area contributed by atoms with Crippen LogP contribution in [-0.4, -0.2) is 59.9 Å². The van der Waals surface area contributed by atoms with Gasteiger partial charge < -0.3 is 15.6 Å². The van der Waals surface area contributed by atoms with Gasteiger partial charge in [-0.15, -0.1) is 5.92 Å². The van der Waals surface area contributed by atoms with Crippen molar-refractivity contribution in [3.63, 3.8) is 0 Å². The second-order valence-electron chi connectivity index (χ2n) is 8.16. The Morgan fingerprint density at radius 2 is 2.09 bits per heavy atom. The smallest absolute Gasteiger partial charge is 0.335 e. The largest absolute Gasteiger partial charge is 0.478 e. The predicted octanol–water partition coefficient (Wildman–Crippen LogP) is 3.07. The minimum Gasteiger partial charge on any atom is -0.478 e. The van der Waals surface area contributed by atoms with Gasteiger partial charge in [-0.05, 0) is 44.2 Å². The summed E-state index contributed by atoms with van der Waals surface area (Å²) in [5.41, 5.74) is 8.83. The second-order valence-corrected chi connectivity index (χ2v) is 8.16. The number of likely N-dealkylation sites (tertiary alicyclic amines) is 1. The van der Waals surface area contributed by atoms with Crippen molar-refractivity contribution in [2.75, 3.05) is 25.4 Å². The number of fused-ring (bicyclic) bond motifs is 1. The average Bonchev–Trinajstić information content (AvgIpc) is 3.49. The standard InChI is InChI=1S/C25H23N7O3/c1-2-3-11-31-12-8-17(15-31)22-20-7-10-28-25(26)32(20)23(30-22)19-5-4-18(14-29-19)35-21-13-16(24(33)34)6-9-27-21/h4-7,9-10,13-14,17H,8,11-12,15H2,1H3,(H2,26,28)(H,33,34). The van der Waals surface area contributed by atoms with Crippen LogP contribution in [0.2, 0.25) is 0 Å². The number of aromatic nitrogens is 5. The summed E-state index contributed by atoms with van der Waals surface area (Å²) in [6.07, 6.45) is 5.60. The van der Waals surface area contributed by atoms with Crippen molar-refractivity contribution in [2.45, 2.75) is 19.3 Å². The van der Waals surface area contributed by atoms with E-state index in [4.69, 9.17) is 20.6 Å². The van der Waals surface area contributed by atoms with Crippen molar-refractivity contribution < 1.29 is 14.6 Å². The summed E-state index contributed by atoms with van der Waals surface area (Å²) < 4.78 is 7.51. The second kappa shape index (κ2) is 9.40. The number of aromatic carboxylic acids is 1. The summed E-state index contributed by atoms with van der Waals surface area (Å²) in [4.78, 5) is 31.3. The zero-order chi connectivity index (χ0) is 24.4. The third-order valence-corrected chi connectivity index (χ3v) is 5.92. The normalized spacial score (nSPS) is 15.6. The molecule has 0 saturated carbocycles. The lowest BCUT2D eigenvalue weighted by molar-refractivity contribution is 0.0696. The van der Waals surface area contributed by atoms with Gasteiger partial charge in [-0.2, -0.15) is 0 Å². The van der Waals surface area contributed by atoms with E-state index in [-0.39, 0.29) is 17.4 Å². The molecule has 10 nitrogen and oxygen atoms in total. The fourth-order valence-corrected chi connectivity index (χ4v) is 4.24. The molecular weight excluding hydrogens is 446 g/mol. The van der Waals surface area contributed by atoms with Crippen LogP contribution >= 0.6 is 0 Å². The number of ether oxygens (including phenoxy) is 1. The van der Waals surface area contributed by atoms with Crippen molar-refractivity contribution in [3.8, 4) is 35.0 Å². The molecule has 1 atom stereocenters. The zero-order valence-electron chi connectivity index (χ0n) is 19.0. The highest BCUT2D eigenvalue weighted by Crippen LogP contribution is 2.33. The van der Waals surface area contributed by atoms with Crippen LogP contribution in [0.15, 0.2) is 48.9 Å². The molecule has 3 N–H and O–H groups in total. The SMILES string of the molecule is CC#CCN1CCC(c2nc(-c3ccc(Oc4cc(C(=O)O)ccn4)cn3)n3c(N)nccc23)C1. The molecule has 0 radical (unpaired) electrons. The van der Waals surface area contributed by atoms with Crippen molar-refractivity contribution in [3.05, 3.63) is 60.2 Å². The number of nitrogen functional groups attached to an aromatic ring is 1. The lowest BCUT2D eigenvalue weighted by Crippen LogP contribution is -2.20. The summed E-state index contributed by atoms with van der Waals surface area (Å²) >= 11 is 0. The number of hydrogen-bond acceptors (Lipinski definition) is 8. The highest BCUT2D eigenvalue weighted by molar-refractivity contribution is 5.87. The maximum Gasteiger partial charge on any atom is 0.335 e. The molecular formula is C25H23N7O3. The van der Waals surface area contributed by atoms with Crippen LogP contribution < -0.4 is 10.5 Å². The van der Waals surface area contributed by atoms with E-state index in [1.165, 1.54) is 18.3 Å². The molecule has 4 aromatic heterocycles. The maximum absolute atomic E-state index is 11.2. The van der Waals surface area contributed by atoms with Crippen LogP contribution in [0.25, 0.3) is 17.0 Å². The van der Waals surface area contributed by atoms with Gasteiger partial charge in [0.2, 0.25) is 11.8 Å². The first-order chi connectivity index (χ1) is 17.0. The van der Waals surface area contributed by atoms with E-state index in [1.807, 2.05) is 17.4 Å². The Bertz CT molecular complexity index is 1450. The Balaban J connectivity index is 1.44. The van der Waals surface area contributed by atoms with Crippen LogP contribution in [0, 0.1) is 11.8 Å².